The molecule has 10 heteroatoms. The molecule has 4 aromatic carbocycles. The molecule has 0 spiro atoms. The largest absolute Gasteiger partial charge is 0.265 e. The van der Waals surface area contributed by atoms with E-state index < -0.39 is 36.8 Å². The van der Waals surface area contributed by atoms with Crippen LogP contribution in [0.1, 0.15) is 11.1 Å². The number of nitrogens with zero attached hydrogens (tertiary/aromatic N) is 2. The van der Waals surface area contributed by atoms with Crippen molar-refractivity contribution in [1.29, 1.82) is 0 Å². The van der Waals surface area contributed by atoms with Gasteiger partial charge in [-0.3, -0.25) is 8.61 Å². The normalized spacial score (nSPS) is 11.7. The molecule has 0 heterocycles. The standard InChI is InChI=1S/C27H24F2N2O4S2/c28-24-15-11-22(12-16-24)19-30(26-7-3-1-4-8-26)36(32,33)21-37(34,35)31(27-9-5-2-6-10-27)20-23-13-17-25(29)18-14-23/h1-18H,19-21H2. The Morgan fingerprint density at radius 1 is 0.486 bits per heavy atom. The summed E-state index contributed by atoms with van der Waals surface area (Å²) >= 11 is 0. The molecule has 0 saturated carbocycles. The van der Waals surface area contributed by atoms with Gasteiger partial charge in [0.15, 0.2) is 5.08 Å². The molecular formula is C27H24F2N2O4S2. The molecular weight excluding hydrogens is 518 g/mol. The van der Waals surface area contributed by atoms with Crippen LogP contribution in [0.15, 0.2) is 109 Å². The molecule has 4 rings (SSSR count). The Kier molecular flexibility index (Phi) is 7.89. The van der Waals surface area contributed by atoms with Crippen LogP contribution in [0.5, 0.6) is 0 Å². The van der Waals surface area contributed by atoms with Gasteiger partial charge in [-0.2, -0.15) is 0 Å². The maximum absolute atomic E-state index is 13.6. The zero-order chi connectivity index (χ0) is 26.5. The van der Waals surface area contributed by atoms with Crippen LogP contribution in [0.2, 0.25) is 0 Å². The highest BCUT2D eigenvalue weighted by Crippen LogP contribution is 2.26. The lowest BCUT2D eigenvalue weighted by atomic mass is 10.2. The molecule has 0 radical (unpaired) electrons. The van der Waals surface area contributed by atoms with Gasteiger partial charge in [0.2, 0.25) is 0 Å². The summed E-state index contributed by atoms with van der Waals surface area (Å²) in [6.45, 7) is -0.378. The first-order chi connectivity index (χ1) is 17.6. The van der Waals surface area contributed by atoms with E-state index in [1.807, 2.05) is 0 Å². The van der Waals surface area contributed by atoms with Crippen LogP contribution in [-0.4, -0.2) is 21.9 Å². The van der Waals surface area contributed by atoms with Crippen molar-refractivity contribution in [3.63, 3.8) is 0 Å². The quantitative estimate of drug-likeness (QED) is 0.273. The molecule has 0 unspecified atom stereocenters. The van der Waals surface area contributed by atoms with Gasteiger partial charge < -0.3 is 0 Å². The van der Waals surface area contributed by atoms with Crippen LogP contribution in [0.25, 0.3) is 0 Å². The fourth-order valence-corrected chi connectivity index (χ4v) is 7.82. The Balaban J connectivity index is 1.70. The number of anilines is 2. The van der Waals surface area contributed by atoms with E-state index in [9.17, 15) is 25.6 Å². The number of rotatable bonds is 10. The minimum Gasteiger partial charge on any atom is -0.265 e. The van der Waals surface area contributed by atoms with Crippen LogP contribution in [0.3, 0.4) is 0 Å². The number of sulfonamides is 2. The molecule has 0 aliphatic carbocycles. The lowest BCUT2D eigenvalue weighted by molar-refractivity contribution is 0.582. The predicted molar refractivity (Wildman–Crippen MR) is 141 cm³/mol. The highest BCUT2D eigenvalue weighted by Gasteiger charge is 2.34. The predicted octanol–water partition coefficient (Wildman–Crippen LogP) is 5.30. The molecule has 0 N–H and O–H groups in total. The van der Waals surface area contributed by atoms with Gasteiger partial charge >= 0.3 is 0 Å². The third-order valence-corrected chi connectivity index (χ3v) is 9.94. The van der Waals surface area contributed by atoms with Crippen LogP contribution in [-0.2, 0) is 33.1 Å². The summed E-state index contributed by atoms with van der Waals surface area (Å²) < 4.78 is 83.4. The topological polar surface area (TPSA) is 74.8 Å². The van der Waals surface area contributed by atoms with E-state index in [-0.39, 0.29) is 24.5 Å². The van der Waals surface area contributed by atoms with Crippen molar-refractivity contribution >= 4 is 31.4 Å². The summed E-state index contributed by atoms with van der Waals surface area (Å²) in [6, 6.07) is 26.8. The Labute approximate surface area is 215 Å². The molecule has 0 atom stereocenters. The van der Waals surface area contributed by atoms with Gasteiger partial charge in [-0.15, -0.1) is 0 Å². The Morgan fingerprint density at radius 2 is 0.811 bits per heavy atom. The highest BCUT2D eigenvalue weighted by molar-refractivity contribution is 8.09. The van der Waals surface area contributed by atoms with Crippen LogP contribution < -0.4 is 8.61 Å². The van der Waals surface area contributed by atoms with Gasteiger partial charge in [0, 0.05) is 0 Å². The van der Waals surface area contributed by atoms with E-state index in [1.165, 1.54) is 48.5 Å². The molecule has 6 nitrogen and oxygen atoms in total. The average Bonchev–Trinajstić information content (AvgIpc) is 2.88. The summed E-state index contributed by atoms with van der Waals surface area (Å²) in [6.07, 6.45) is 0. The molecule has 37 heavy (non-hydrogen) atoms. The van der Waals surface area contributed by atoms with Crippen molar-refractivity contribution in [2.45, 2.75) is 13.1 Å². The van der Waals surface area contributed by atoms with Gasteiger partial charge in [0.05, 0.1) is 24.5 Å². The second-order valence-electron chi connectivity index (χ2n) is 8.28. The smallest absolute Gasteiger partial charge is 0.251 e. The van der Waals surface area contributed by atoms with Gasteiger partial charge in [-0.05, 0) is 59.7 Å². The Bertz CT molecular complexity index is 1410. The molecule has 0 aromatic heterocycles. The number of para-hydroxylation sites is 2. The lowest BCUT2D eigenvalue weighted by Gasteiger charge is -2.28. The second kappa shape index (κ2) is 11.1. The first-order valence-electron chi connectivity index (χ1n) is 11.2. The number of hydrogen-bond acceptors (Lipinski definition) is 4. The van der Waals surface area contributed by atoms with E-state index >= 15 is 0 Å². The zero-order valence-corrected chi connectivity index (χ0v) is 21.2. The third-order valence-electron chi connectivity index (χ3n) is 5.54. The van der Waals surface area contributed by atoms with Crippen molar-refractivity contribution in [3.8, 4) is 0 Å². The zero-order valence-electron chi connectivity index (χ0n) is 19.6. The van der Waals surface area contributed by atoms with Crippen LogP contribution in [0.4, 0.5) is 20.2 Å². The van der Waals surface area contributed by atoms with E-state index in [0.29, 0.717) is 11.1 Å². The monoisotopic (exact) mass is 542 g/mol. The lowest BCUT2D eigenvalue weighted by Crippen LogP contribution is -2.41. The second-order valence-corrected chi connectivity index (χ2v) is 12.4. The summed E-state index contributed by atoms with van der Waals surface area (Å²) in [5.41, 5.74) is 1.51. The summed E-state index contributed by atoms with van der Waals surface area (Å²) in [5.74, 6) is -0.945. The first-order valence-corrected chi connectivity index (χ1v) is 14.5. The Morgan fingerprint density at radius 3 is 1.14 bits per heavy atom. The fourth-order valence-electron chi connectivity index (χ4n) is 3.72. The molecule has 0 bridgehead atoms. The van der Waals surface area contributed by atoms with Crippen LogP contribution in [0, 0.1) is 11.6 Å². The number of hydrogen-bond donors (Lipinski definition) is 0. The molecule has 0 amide bonds. The molecule has 0 fully saturated rings. The average molecular weight is 543 g/mol. The Hall–Kier alpha value is -3.76. The summed E-state index contributed by atoms with van der Waals surface area (Å²) in [4.78, 5) is 0. The highest BCUT2D eigenvalue weighted by atomic mass is 32.3. The third kappa shape index (κ3) is 6.72. The van der Waals surface area contributed by atoms with E-state index in [0.717, 1.165) is 8.61 Å². The van der Waals surface area contributed by atoms with Crippen molar-refractivity contribution in [2.24, 2.45) is 0 Å². The minimum atomic E-state index is -4.44. The van der Waals surface area contributed by atoms with Gasteiger partial charge in [0.25, 0.3) is 20.0 Å². The van der Waals surface area contributed by atoms with E-state index in [2.05, 4.69) is 0 Å². The molecule has 0 aliphatic rings. The molecule has 0 saturated heterocycles. The number of halogens is 2. The molecule has 192 valence electrons. The van der Waals surface area contributed by atoms with Crippen molar-refractivity contribution in [3.05, 3.63) is 132 Å². The fraction of sp³-hybridized carbons (Fsp3) is 0.111. The summed E-state index contributed by atoms with van der Waals surface area (Å²) in [7, 11) is -8.89. The maximum Gasteiger partial charge on any atom is 0.251 e. The SMILES string of the molecule is O=S(=O)(CS(=O)(=O)N(Cc1ccc(F)cc1)c1ccccc1)N(Cc1ccc(F)cc1)c1ccccc1. The van der Waals surface area contributed by atoms with Crippen LogP contribution >= 0.6 is 0 Å². The minimum absolute atomic E-state index is 0.189. The van der Waals surface area contributed by atoms with Crippen molar-refractivity contribution in [2.75, 3.05) is 13.7 Å². The van der Waals surface area contributed by atoms with E-state index in [4.69, 9.17) is 0 Å². The maximum atomic E-state index is 13.6. The van der Waals surface area contributed by atoms with E-state index in [1.54, 1.807) is 60.7 Å². The van der Waals surface area contributed by atoms with Gasteiger partial charge in [-0.1, -0.05) is 60.7 Å². The molecule has 4 aromatic rings. The first kappa shape index (κ1) is 26.3. The number of benzene rings is 4. The van der Waals surface area contributed by atoms with Crippen molar-refractivity contribution < 1.29 is 25.6 Å². The van der Waals surface area contributed by atoms with Gasteiger partial charge in [0.1, 0.15) is 11.6 Å². The summed E-state index contributed by atoms with van der Waals surface area (Å²) in [5, 5.41) is -1.22. The van der Waals surface area contributed by atoms with Gasteiger partial charge in [-0.25, -0.2) is 25.6 Å². The molecule has 0 aliphatic heterocycles. The van der Waals surface area contributed by atoms with Crippen molar-refractivity contribution in [1.82, 2.24) is 0 Å².